The Hall–Kier alpha value is -1.46. The van der Waals surface area contributed by atoms with E-state index in [-0.39, 0.29) is 30.8 Å². The van der Waals surface area contributed by atoms with Gasteiger partial charge in [-0.05, 0) is 50.1 Å². The number of halogens is 4. The maximum absolute atomic E-state index is 13.2. The molecule has 2 aromatic carbocycles. The van der Waals surface area contributed by atoms with E-state index in [9.17, 15) is 9.59 Å². The lowest BCUT2D eigenvalue weighted by Gasteiger charge is -2.30. The molecule has 2 unspecified atom stereocenters. The van der Waals surface area contributed by atoms with E-state index in [4.69, 9.17) is 46.4 Å². The molecule has 0 aliphatic heterocycles. The standard InChI is InChI=1S/C22H24Cl4N2O2/c1-4-13(2)27-22(30)14(3)28(12-16-17(23)6-5-7-18(16)24)21(29)11-15-8-9-19(25)20(26)10-15/h5-10,13-14H,4,11-12H2,1-3H3,(H,27,30). The zero-order valence-corrected chi connectivity index (χ0v) is 20.0. The first-order valence-electron chi connectivity index (χ1n) is 9.60. The molecule has 162 valence electrons. The van der Waals surface area contributed by atoms with Crippen LogP contribution in [0.2, 0.25) is 20.1 Å². The monoisotopic (exact) mass is 488 g/mol. The minimum Gasteiger partial charge on any atom is -0.352 e. The van der Waals surface area contributed by atoms with Crippen LogP contribution >= 0.6 is 46.4 Å². The third kappa shape index (κ3) is 6.52. The van der Waals surface area contributed by atoms with E-state index in [0.29, 0.717) is 31.2 Å². The lowest BCUT2D eigenvalue weighted by molar-refractivity contribution is -0.140. The highest BCUT2D eigenvalue weighted by atomic mass is 35.5. The molecule has 0 bridgehead atoms. The lowest BCUT2D eigenvalue weighted by atomic mass is 10.1. The van der Waals surface area contributed by atoms with E-state index in [1.54, 1.807) is 43.3 Å². The van der Waals surface area contributed by atoms with Gasteiger partial charge in [-0.1, -0.05) is 65.5 Å². The van der Waals surface area contributed by atoms with Gasteiger partial charge in [-0.25, -0.2) is 0 Å². The van der Waals surface area contributed by atoms with Gasteiger partial charge in [0.05, 0.1) is 16.5 Å². The summed E-state index contributed by atoms with van der Waals surface area (Å²) in [5.74, 6) is -0.494. The smallest absolute Gasteiger partial charge is 0.242 e. The molecule has 0 spiro atoms. The maximum atomic E-state index is 13.2. The van der Waals surface area contributed by atoms with Crippen molar-refractivity contribution in [3.63, 3.8) is 0 Å². The van der Waals surface area contributed by atoms with Crippen LogP contribution in [0.4, 0.5) is 0 Å². The Morgan fingerprint density at radius 3 is 2.17 bits per heavy atom. The SMILES string of the molecule is CCC(C)NC(=O)C(C)N(Cc1c(Cl)cccc1Cl)C(=O)Cc1ccc(Cl)c(Cl)c1. The fourth-order valence-corrected chi connectivity index (χ4v) is 3.67. The molecule has 0 aromatic heterocycles. The van der Waals surface area contributed by atoms with Crippen LogP contribution in [0.5, 0.6) is 0 Å². The van der Waals surface area contributed by atoms with Crippen molar-refractivity contribution in [2.45, 2.75) is 52.2 Å². The summed E-state index contributed by atoms with van der Waals surface area (Å²) in [7, 11) is 0. The molecule has 4 nitrogen and oxygen atoms in total. The summed E-state index contributed by atoms with van der Waals surface area (Å²) in [6.45, 7) is 5.69. The lowest BCUT2D eigenvalue weighted by Crippen LogP contribution is -2.50. The second-order valence-electron chi connectivity index (χ2n) is 7.14. The zero-order chi connectivity index (χ0) is 22.4. The molecular formula is C22H24Cl4N2O2. The van der Waals surface area contributed by atoms with Gasteiger partial charge in [0.25, 0.3) is 0 Å². The average Bonchev–Trinajstić information content (AvgIpc) is 2.69. The minimum atomic E-state index is -0.721. The summed E-state index contributed by atoms with van der Waals surface area (Å²) in [4.78, 5) is 27.5. The Labute approximate surface area is 197 Å². The van der Waals surface area contributed by atoms with Gasteiger partial charge in [0.2, 0.25) is 11.8 Å². The summed E-state index contributed by atoms with van der Waals surface area (Å²) < 4.78 is 0. The average molecular weight is 490 g/mol. The Morgan fingerprint density at radius 1 is 0.967 bits per heavy atom. The van der Waals surface area contributed by atoms with E-state index >= 15 is 0 Å². The number of amides is 2. The minimum absolute atomic E-state index is 0.00382. The first-order valence-corrected chi connectivity index (χ1v) is 11.1. The quantitative estimate of drug-likeness (QED) is 0.481. The maximum Gasteiger partial charge on any atom is 0.242 e. The van der Waals surface area contributed by atoms with Gasteiger partial charge in [-0.3, -0.25) is 9.59 Å². The molecule has 0 saturated carbocycles. The van der Waals surface area contributed by atoms with E-state index in [0.717, 1.165) is 6.42 Å². The molecule has 2 aromatic rings. The Balaban J connectivity index is 2.32. The number of benzene rings is 2. The Kier molecular flexibility index (Phi) is 9.30. The van der Waals surface area contributed by atoms with Gasteiger partial charge >= 0.3 is 0 Å². The van der Waals surface area contributed by atoms with Crippen LogP contribution in [0.1, 0.15) is 38.3 Å². The third-order valence-corrected chi connectivity index (χ3v) is 6.35. The summed E-state index contributed by atoms with van der Waals surface area (Å²) in [5.41, 5.74) is 1.28. The summed E-state index contributed by atoms with van der Waals surface area (Å²) in [6.07, 6.45) is 0.839. The summed E-state index contributed by atoms with van der Waals surface area (Å²) in [5, 5.41) is 4.57. The molecule has 30 heavy (non-hydrogen) atoms. The third-order valence-electron chi connectivity index (χ3n) is 4.90. The molecule has 0 fully saturated rings. The van der Waals surface area contributed by atoms with Crippen molar-refractivity contribution in [1.29, 1.82) is 0 Å². The second kappa shape index (κ2) is 11.2. The number of nitrogens with one attached hydrogen (secondary N) is 1. The van der Waals surface area contributed by atoms with Crippen molar-refractivity contribution < 1.29 is 9.59 Å². The molecule has 0 heterocycles. The normalized spacial score (nSPS) is 12.9. The number of nitrogens with zero attached hydrogens (tertiary/aromatic N) is 1. The van der Waals surface area contributed by atoms with Gasteiger partial charge in [0.1, 0.15) is 6.04 Å². The molecule has 1 N–H and O–H groups in total. The van der Waals surface area contributed by atoms with Crippen LogP contribution in [0.15, 0.2) is 36.4 Å². The van der Waals surface area contributed by atoms with Crippen molar-refractivity contribution in [3.05, 3.63) is 67.6 Å². The molecule has 8 heteroatoms. The van der Waals surface area contributed by atoms with Crippen LogP contribution < -0.4 is 5.32 Å². The highest BCUT2D eigenvalue weighted by Crippen LogP contribution is 2.27. The molecule has 2 atom stereocenters. The second-order valence-corrected chi connectivity index (χ2v) is 8.77. The number of hydrogen-bond acceptors (Lipinski definition) is 2. The largest absolute Gasteiger partial charge is 0.352 e. The molecule has 0 aliphatic carbocycles. The molecule has 0 aliphatic rings. The van der Waals surface area contributed by atoms with Crippen molar-refractivity contribution in [2.75, 3.05) is 0 Å². The highest BCUT2D eigenvalue weighted by molar-refractivity contribution is 6.42. The first kappa shape index (κ1) is 24.8. The van der Waals surface area contributed by atoms with Gasteiger partial charge < -0.3 is 10.2 Å². The molecule has 0 radical (unpaired) electrons. The number of hydrogen-bond donors (Lipinski definition) is 1. The zero-order valence-electron chi connectivity index (χ0n) is 17.0. The predicted molar refractivity (Wildman–Crippen MR) is 125 cm³/mol. The van der Waals surface area contributed by atoms with Crippen LogP contribution in [-0.2, 0) is 22.6 Å². The van der Waals surface area contributed by atoms with E-state index < -0.39 is 6.04 Å². The molecular weight excluding hydrogens is 466 g/mol. The molecule has 2 rings (SSSR count). The van der Waals surface area contributed by atoms with Crippen molar-refractivity contribution in [2.24, 2.45) is 0 Å². The number of carbonyl (C=O) groups is 2. The van der Waals surface area contributed by atoms with Crippen LogP contribution in [0.25, 0.3) is 0 Å². The van der Waals surface area contributed by atoms with E-state index in [1.165, 1.54) is 4.90 Å². The van der Waals surface area contributed by atoms with Crippen LogP contribution in [0.3, 0.4) is 0 Å². The van der Waals surface area contributed by atoms with Crippen LogP contribution in [-0.4, -0.2) is 28.8 Å². The van der Waals surface area contributed by atoms with Crippen molar-refractivity contribution in [3.8, 4) is 0 Å². The molecule has 0 saturated heterocycles. The van der Waals surface area contributed by atoms with Crippen LogP contribution in [0, 0.1) is 0 Å². The summed E-state index contributed by atoms with van der Waals surface area (Å²) >= 11 is 24.7. The van der Waals surface area contributed by atoms with Gasteiger partial charge in [0.15, 0.2) is 0 Å². The Bertz CT molecular complexity index is 900. The summed E-state index contributed by atoms with van der Waals surface area (Å²) in [6, 6.07) is 9.43. The Morgan fingerprint density at radius 2 is 1.60 bits per heavy atom. The van der Waals surface area contributed by atoms with Gasteiger partial charge in [0, 0.05) is 28.2 Å². The first-order chi connectivity index (χ1) is 14.1. The topological polar surface area (TPSA) is 49.4 Å². The molecule has 2 amide bonds. The predicted octanol–water partition coefficient (Wildman–Crippen LogP) is 6.17. The van der Waals surface area contributed by atoms with E-state index in [1.807, 2.05) is 13.8 Å². The van der Waals surface area contributed by atoms with Crippen molar-refractivity contribution in [1.82, 2.24) is 10.2 Å². The fraction of sp³-hybridized carbons (Fsp3) is 0.364. The van der Waals surface area contributed by atoms with Gasteiger partial charge in [-0.15, -0.1) is 0 Å². The highest BCUT2D eigenvalue weighted by Gasteiger charge is 2.28. The fourth-order valence-electron chi connectivity index (χ4n) is 2.83. The number of rotatable bonds is 8. The van der Waals surface area contributed by atoms with E-state index in [2.05, 4.69) is 5.32 Å². The van der Waals surface area contributed by atoms with Gasteiger partial charge in [-0.2, -0.15) is 0 Å². The number of carbonyl (C=O) groups excluding carboxylic acids is 2. The van der Waals surface area contributed by atoms with Crippen molar-refractivity contribution >= 4 is 58.2 Å².